The Balaban J connectivity index is 2.05. The van der Waals surface area contributed by atoms with Crippen molar-refractivity contribution in [3.05, 3.63) is 22.6 Å². The van der Waals surface area contributed by atoms with Gasteiger partial charge >= 0.3 is 0 Å². The SMILES string of the molecule is CS(=O)(=O)N1CCCN(C(=O)c2ccc(Br)o2)CC1. The fraction of sp³-hybridized carbons (Fsp3) is 0.545. The summed E-state index contributed by atoms with van der Waals surface area (Å²) in [4.78, 5) is 13.8. The van der Waals surface area contributed by atoms with Gasteiger partial charge in [-0.15, -0.1) is 0 Å². The average molecular weight is 351 g/mol. The molecular formula is C11H15BrN2O4S. The summed E-state index contributed by atoms with van der Waals surface area (Å²) in [6.07, 6.45) is 1.81. The minimum absolute atomic E-state index is 0.207. The molecule has 106 valence electrons. The molecule has 1 aliphatic heterocycles. The topological polar surface area (TPSA) is 70.8 Å². The van der Waals surface area contributed by atoms with Crippen molar-refractivity contribution in [1.82, 2.24) is 9.21 Å². The Morgan fingerprint density at radius 1 is 1.26 bits per heavy atom. The Bertz CT molecular complexity index is 569. The molecule has 1 aromatic heterocycles. The number of amides is 1. The number of rotatable bonds is 2. The number of nitrogens with zero attached hydrogens (tertiary/aromatic N) is 2. The van der Waals surface area contributed by atoms with Crippen LogP contribution in [0, 0.1) is 0 Å². The van der Waals surface area contributed by atoms with Crippen LogP contribution in [0.4, 0.5) is 0 Å². The highest BCUT2D eigenvalue weighted by Crippen LogP contribution is 2.17. The van der Waals surface area contributed by atoms with Gasteiger partial charge in [0, 0.05) is 26.2 Å². The number of furan rings is 1. The Hall–Kier alpha value is -0.860. The maximum atomic E-state index is 12.2. The van der Waals surface area contributed by atoms with Crippen LogP contribution in [0.2, 0.25) is 0 Å². The molecule has 2 rings (SSSR count). The van der Waals surface area contributed by atoms with E-state index in [9.17, 15) is 13.2 Å². The molecule has 0 spiro atoms. The summed E-state index contributed by atoms with van der Waals surface area (Å²) < 4.78 is 30.1. The maximum absolute atomic E-state index is 12.2. The quantitative estimate of drug-likeness (QED) is 0.802. The Labute approximate surface area is 120 Å². The molecule has 0 bridgehead atoms. The standard InChI is InChI=1S/C11H15BrN2O4S/c1-19(16,17)14-6-2-5-13(7-8-14)11(15)9-3-4-10(12)18-9/h3-4H,2,5-8H2,1H3. The lowest BCUT2D eigenvalue weighted by molar-refractivity contribution is 0.0731. The first-order valence-corrected chi connectivity index (χ1v) is 8.52. The van der Waals surface area contributed by atoms with E-state index in [4.69, 9.17) is 4.42 Å². The second kappa shape index (κ2) is 5.64. The lowest BCUT2D eigenvalue weighted by atomic mass is 10.3. The molecule has 0 unspecified atom stereocenters. The zero-order valence-electron chi connectivity index (χ0n) is 10.5. The molecule has 0 N–H and O–H groups in total. The highest BCUT2D eigenvalue weighted by atomic mass is 79.9. The third kappa shape index (κ3) is 3.58. The van der Waals surface area contributed by atoms with Gasteiger partial charge in [0.05, 0.1) is 6.26 Å². The molecule has 19 heavy (non-hydrogen) atoms. The summed E-state index contributed by atoms with van der Waals surface area (Å²) in [6.45, 7) is 1.68. The second-order valence-electron chi connectivity index (χ2n) is 4.41. The lowest BCUT2D eigenvalue weighted by Gasteiger charge is -2.19. The fourth-order valence-electron chi connectivity index (χ4n) is 2.01. The molecule has 1 amide bonds. The van der Waals surface area contributed by atoms with Gasteiger partial charge in [-0.1, -0.05) is 0 Å². The van der Waals surface area contributed by atoms with Crippen LogP contribution < -0.4 is 0 Å². The van der Waals surface area contributed by atoms with Gasteiger partial charge in [-0.3, -0.25) is 4.79 Å². The molecule has 0 aromatic carbocycles. The Morgan fingerprint density at radius 2 is 2.00 bits per heavy atom. The first-order chi connectivity index (χ1) is 8.88. The first kappa shape index (κ1) is 14.5. The average Bonchev–Trinajstić information content (AvgIpc) is 2.62. The maximum Gasteiger partial charge on any atom is 0.289 e. The van der Waals surface area contributed by atoms with Gasteiger partial charge in [0.15, 0.2) is 10.4 Å². The first-order valence-electron chi connectivity index (χ1n) is 5.87. The van der Waals surface area contributed by atoms with Gasteiger partial charge in [-0.05, 0) is 34.5 Å². The van der Waals surface area contributed by atoms with Crippen LogP contribution in [0.1, 0.15) is 17.0 Å². The molecule has 0 saturated carbocycles. The van der Waals surface area contributed by atoms with Crippen LogP contribution in [-0.4, -0.2) is 56.0 Å². The molecule has 0 atom stereocenters. The van der Waals surface area contributed by atoms with E-state index in [2.05, 4.69) is 15.9 Å². The van der Waals surface area contributed by atoms with Crippen molar-refractivity contribution in [3.63, 3.8) is 0 Å². The number of carbonyl (C=O) groups excluding carboxylic acids is 1. The predicted molar refractivity (Wildman–Crippen MR) is 73.3 cm³/mol. The van der Waals surface area contributed by atoms with Gasteiger partial charge < -0.3 is 9.32 Å². The van der Waals surface area contributed by atoms with Gasteiger partial charge in [0.1, 0.15) is 0 Å². The van der Waals surface area contributed by atoms with Gasteiger partial charge in [0.25, 0.3) is 5.91 Å². The van der Waals surface area contributed by atoms with Crippen molar-refractivity contribution in [1.29, 1.82) is 0 Å². The molecule has 1 fully saturated rings. The number of halogens is 1. The van der Waals surface area contributed by atoms with Crippen molar-refractivity contribution in [2.45, 2.75) is 6.42 Å². The molecule has 0 radical (unpaired) electrons. The van der Waals surface area contributed by atoms with Crippen LogP contribution in [0.3, 0.4) is 0 Å². The summed E-state index contributed by atoms with van der Waals surface area (Å²) in [5.74, 6) is 0.0562. The van der Waals surface area contributed by atoms with E-state index in [1.54, 1.807) is 17.0 Å². The van der Waals surface area contributed by atoms with Crippen LogP contribution in [-0.2, 0) is 10.0 Å². The van der Waals surface area contributed by atoms with Crippen molar-refractivity contribution in [2.75, 3.05) is 32.4 Å². The molecule has 0 aliphatic carbocycles. The largest absolute Gasteiger partial charge is 0.444 e. The van der Waals surface area contributed by atoms with Gasteiger partial charge in [-0.2, -0.15) is 0 Å². The lowest BCUT2D eigenvalue weighted by Crippen LogP contribution is -2.36. The molecule has 1 aromatic rings. The van der Waals surface area contributed by atoms with Crippen LogP contribution >= 0.6 is 15.9 Å². The number of carbonyl (C=O) groups is 1. The van der Waals surface area contributed by atoms with Crippen molar-refractivity contribution < 1.29 is 17.6 Å². The third-order valence-electron chi connectivity index (χ3n) is 3.00. The van der Waals surface area contributed by atoms with Crippen molar-refractivity contribution in [2.24, 2.45) is 0 Å². The van der Waals surface area contributed by atoms with Crippen molar-refractivity contribution in [3.8, 4) is 0 Å². The molecule has 6 nitrogen and oxygen atoms in total. The smallest absolute Gasteiger partial charge is 0.289 e. The molecular weight excluding hydrogens is 336 g/mol. The number of hydrogen-bond donors (Lipinski definition) is 0. The summed E-state index contributed by atoms with van der Waals surface area (Å²) >= 11 is 3.15. The number of sulfonamides is 1. The summed E-state index contributed by atoms with van der Waals surface area (Å²) in [7, 11) is -3.19. The Morgan fingerprint density at radius 3 is 2.58 bits per heavy atom. The van der Waals surface area contributed by atoms with Crippen LogP contribution in [0.15, 0.2) is 21.2 Å². The molecule has 1 saturated heterocycles. The minimum atomic E-state index is -3.19. The third-order valence-corrected chi connectivity index (χ3v) is 4.72. The van der Waals surface area contributed by atoms with E-state index in [0.29, 0.717) is 37.3 Å². The molecule has 8 heteroatoms. The molecule has 2 heterocycles. The summed E-state index contributed by atoms with van der Waals surface area (Å²) in [6, 6.07) is 3.26. The predicted octanol–water partition coefficient (Wildman–Crippen LogP) is 1.15. The molecule has 1 aliphatic rings. The van der Waals surface area contributed by atoms with E-state index in [1.807, 2.05) is 0 Å². The zero-order chi connectivity index (χ0) is 14.0. The second-order valence-corrected chi connectivity index (χ2v) is 7.18. The van der Waals surface area contributed by atoms with E-state index >= 15 is 0 Å². The van der Waals surface area contributed by atoms with Gasteiger partial charge in [-0.25, -0.2) is 12.7 Å². The summed E-state index contributed by atoms with van der Waals surface area (Å²) in [5.41, 5.74) is 0. The normalized spacial score (nSPS) is 18.3. The van der Waals surface area contributed by atoms with Crippen molar-refractivity contribution >= 4 is 31.9 Å². The van der Waals surface area contributed by atoms with E-state index in [1.165, 1.54) is 10.6 Å². The number of hydrogen-bond acceptors (Lipinski definition) is 4. The van der Waals surface area contributed by atoms with Gasteiger partial charge in [0.2, 0.25) is 10.0 Å². The zero-order valence-corrected chi connectivity index (χ0v) is 12.9. The van der Waals surface area contributed by atoms with Crippen LogP contribution in [0.5, 0.6) is 0 Å². The monoisotopic (exact) mass is 350 g/mol. The minimum Gasteiger partial charge on any atom is -0.444 e. The van der Waals surface area contributed by atoms with E-state index in [-0.39, 0.29) is 11.7 Å². The Kier molecular flexibility index (Phi) is 4.32. The fourth-order valence-corrected chi connectivity index (χ4v) is 3.19. The highest BCUT2D eigenvalue weighted by Gasteiger charge is 2.25. The van der Waals surface area contributed by atoms with Crippen LogP contribution in [0.25, 0.3) is 0 Å². The van der Waals surface area contributed by atoms with E-state index < -0.39 is 10.0 Å². The van der Waals surface area contributed by atoms with E-state index in [0.717, 1.165) is 0 Å². The highest BCUT2D eigenvalue weighted by molar-refractivity contribution is 9.10. The summed E-state index contributed by atoms with van der Waals surface area (Å²) in [5, 5.41) is 0.